The Balaban J connectivity index is 0.00000480. The van der Waals surface area contributed by atoms with Crippen LogP contribution in [0.3, 0.4) is 0 Å². The first kappa shape index (κ1) is 27.6. The van der Waals surface area contributed by atoms with Crippen molar-refractivity contribution in [1.82, 2.24) is 15.6 Å². The molecule has 0 unspecified atom stereocenters. The maximum absolute atomic E-state index is 12.1. The molecule has 2 N–H and O–H groups in total. The summed E-state index contributed by atoms with van der Waals surface area (Å²) >= 11 is 1.67. The average Bonchev–Trinajstić information content (AvgIpc) is 3.14. The van der Waals surface area contributed by atoms with Crippen molar-refractivity contribution in [1.29, 1.82) is 0 Å². The van der Waals surface area contributed by atoms with E-state index in [2.05, 4.69) is 51.5 Å². The normalized spacial score (nSPS) is 12.4. The van der Waals surface area contributed by atoms with E-state index < -0.39 is 12.8 Å². The van der Waals surface area contributed by atoms with E-state index in [0.717, 1.165) is 22.7 Å². The Kier molecular flexibility index (Phi) is 11.2. The predicted molar refractivity (Wildman–Crippen MR) is 130 cm³/mol. The summed E-state index contributed by atoms with van der Waals surface area (Å²) in [6, 6.07) is 7.24. The van der Waals surface area contributed by atoms with Crippen LogP contribution in [0.15, 0.2) is 34.6 Å². The van der Waals surface area contributed by atoms with Crippen molar-refractivity contribution in [3.8, 4) is 0 Å². The Bertz CT molecular complexity index is 817. The second kappa shape index (κ2) is 12.6. The van der Waals surface area contributed by atoms with Gasteiger partial charge in [-0.15, -0.1) is 35.3 Å². The number of nitrogens with one attached hydrogen (secondary N) is 2. The van der Waals surface area contributed by atoms with Gasteiger partial charge in [-0.3, -0.25) is 4.99 Å². The van der Waals surface area contributed by atoms with Crippen LogP contribution in [0, 0.1) is 0 Å². The van der Waals surface area contributed by atoms with Crippen LogP contribution in [0.5, 0.6) is 0 Å². The average molecular weight is 570 g/mol. The van der Waals surface area contributed by atoms with Crippen LogP contribution in [0.1, 0.15) is 42.6 Å². The van der Waals surface area contributed by atoms with Crippen molar-refractivity contribution in [2.75, 3.05) is 20.2 Å². The first-order valence-corrected chi connectivity index (χ1v) is 10.6. The number of hydrogen-bond donors (Lipinski definition) is 2. The Hall–Kier alpha value is -1.40. The number of hydrogen-bond acceptors (Lipinski definition) is 4. The van der Waals surface area contributed by atoms with Gasteiger partial charge >= 0.3 is 6.18 Å². The van der Waals surface area contributed by atoms with Crippen molar-refractivity contribution in [3.05, 3.63) is 51.5 Å². The highest BCUT2D eigenvalue weighted by molar-refractivity contribution is 14.0. The Morgan fingerprint density at radius 3 is 2.29 bits per heavy atom. The molecule has 0 bridgehead atoms. The number of ether oxygens (including phenoxy) is 1. The fourth-order valence-corrected chi connectivity index (χ4v) is 3.53. The van der Waals surface area contributed by atoms with E-state index in [1.165, 1.54) is 0 Å². The predicted octanol–water partition coefficient (Wildman–Crippen LogP) is 5.05. The summed E-state index contributed by atoms with van der Waals surface area (Å²) in [6.07, 6.45) is -3.49. The molecule has 0 aliphatic rings. The largest absolute Gasteiger partial charge is 0.411 e. The van der Waals surface area contributed by atoms with E-state index in [0.29, 0.717) is 24.6 Å². The molecular weight excluding hydrogens is 540 g/mol. The van der Waals surface area contributed by atoms with Gasteiger partial charge in [0, 0.05) is 37.4 Å². The van der Waals surface area contributed by atoms with E-state index >= 15 is 0 Å². The lowest BCUT2D eigenvalue weighted by Crippen LogP contribution is -2.37. The number of aromatic nitrogens is 1. The second-order valence-corrected chi connectivity index (χ2v) is 8.85. The van der Waals surface area contributed by atoms with Crippen molar-refractivity contribution in [3.63, 3.8) is 0 Å². The van der Waals surface area contributed by atoms with Gasteiger partial charge in [-0.1, -0.05) is 45.0 Å². The lowest BCUT2D eigenvalue weighted by Gasteiger charge is -2.14. The van der Waals surface area contributed by atoms with Crippen molar-refractivity contribution in [2.24, 2.45) is 4.99 Å². The zero-order valence-corrected chi connectivity index (χ0v) is 21.3. The quantitative estimate of drug-likeness (QED) is 0.265. The number of guanidine groups is 1. The molecule has 1 heterocycles. The lowest BCUT2D eigenvalue weighted by molar-refractivity contribution is -0.176. The third-order valence-electron chi connectivity index (χ3n) is 4.19. The molecule has 10 heteroatoms. The molecule has 2 aromatic rings. The summed E-state index contributed by atoms with van der Waals surface area (Å²) in [7, 11) is 1.71. The number of benzene rings is 1. The van der Waals surface area contributed by atoms with Crippen LogP contribution < -0.4 is 10.6 Å². The second-order valence-electron chi connectivity index (χ2n) is 7.90. The van der Waals surface area contributed by atoms with E-state index in [-0.39, 0.29) is 36.0 Å². The summed E-state index contributed by atoms with van der Waals surface area (Å²) in [5.41, 5.74) is 2.85. The first-order valence-electron chi connectivity index (χ1n) is 9.68. The Morgan fingerprint density at radius 1 is 1.10 bits per heavy atom. The van der Waals surface area contributed by atoms with E-state index in [1.807, 2.05) is 12.1 Å². The topological polar surface area (TPSA) is 58.5 Å². The lowest BCUT2D eigenvalue weighted by atomic mass is 9.93. The van der Waals surface area contributed by atoms with Crippen LogP contribution in [-0.4, -0.2) is 37.3 Å². The van der Waals surface area contributed by atoms with E-state index in [1.54, 1.807) is 30.5 Å². The highest BCUT2D eigenvalue weighted by Gasteiger charge is 2.27. The summed E-state index contributed by atoms with van der Waals surface area (Å²) in [5, 5.41) is 9.69. The number of aliphatic imine (C=N–C) groups is 1. The molecular formula is C21H30F3IN4OS. The maximum Gasteiger partial charge on any atom is 0.411 e. The fourth-order valence-electron chi connectivity index (χ4n) is 2.50. The van der Waals surface area contributed by atoms with Crippen LogP contribution in [0.4, 0.5) is 13.2 Å². The number of halogens is 4. The molecule has 2 rings (SSSR count). The van der Waals surface area contributed by atoms with Gasteiger partial charge in [0.2, 0.25) is 0 Å². The van der Waals surface area contributed by atoms with Crippen LogP contribution in [0.25, 0.3) is 0 Å². The zero-order chi connectivity index (χ0) is 22.2. The van der Waals surface area contributed by atoms with Gasteiger partial charge in [0.05, 0.1) is 17.3 Å². The molecule has 0 spiro atoms. The van der Waals surface area contributed by atoms with Gasteiger partial charge in [-0.25, -0.2) is 4.98 Å². The van der Waals surface area contributed by atoms with Crippen LogP contribution in [0.2, 0.25) is 0 Å². The molecule has 0 saturated heterocycles. The standard InChI is InChI=1S/C21H29F3N4OS.HI/c1-20(2,3)17-13-30-18(28-17)9-10-26-19(25-4)27-11-15-5-7-16(8-6-15)12-29-14-21(22,23)24;/h5-8,13H,9-12,14H2,1-4H3,(H2,25,26,27);1H. The van der Waals surface area contributed by atoms with Gasteiger partial charge in [-0.2, -0.15) is 13.2 Å². The minimum absolute atomic E-state index is 0. The van der Waals surface area contributed by atoms with Crippen LogP contribution >= 0.6 is 35.3 Å². The summed E-state index contributed by atoms with van der Waals surface area (Å²) in [4.78, 5) is 8.90. The number of thiazole rings is 1. The third-order valence-corrected chi connectivity index (χ3v) is 5.10. The van der Waals surface area contributed by atoms with Crippen molar-refractivity contribution < 1.29 is 17.9 Å². The molecule has 0 atom stereocenters. The van der Waals surface area contributed by atoms with E-state index in [4.69, 9.17) is 0 Å². The molecule has 1 aromatic carbocycles. The molecule has 0 saturated carbocycles. The smallest absolute Gasteiger partial charge is 0.367 e. The van der Waals surface area contributed by atoms with Crippen molar-refractivity contribution >= 4 is 41.3 Å². The highest BCUT2D eigenvalue weighted by atomic mass is 127. The molecule has 31 heavy (non-hydrogen) atoms. The molecule has 0 amide bonds. The van der Waals surface area contributed by atoms with Gasteiger partial charge < -0.3 is 15.4 Å². The van der Waals surface area contributed by atoms with Gasteiger partial charge in [0.15, 0.2) is 5.96 Å². The maximum atomic E-state index is 12.1. The number of nitrogens with zero attached hydrogens (tertiary/aromatic N) is 2. The SMILES string of the molecule is CN=C(NCCc1nc(C(C)(C)C)cs1)NCc1ccc(COCC(F)(F)F)cc1.I. The molecule has 0 fully saturated rings. The summed E-state index contributed by atoms with van der Waals surface area (Å²) < 4.78 is 41.0. The van der Waals surface area contributed by atoms with Gasteiger partial charge in [-0.05, 0) is 11.1 Å². The number of rotatable bonds is 8. The first-order chi connectivity index (χ1) is 14.1. The molecule has 0 radical (unpaired) electrons. The molecule has 1 aromatic heterocycles. The third kappa shape index (κ3) is 10.6. The van der Waals surface area contributed by atoms with Crippen molar-refractivity contribution in [2.45, 2.75) is 51.9 Å². The summed E-state index contributed by atoms with van der Waals surface area (Å²) in [6.45, 7) is 6.41. The monoisotopic (exact) mass is 570 g/mol. The van der Waals surface area contributed by atoms with E-state index in [9.17, 15) is 13.2 Å². The van der Waals surface area contributed by atoms with Crippen LogP contribution in [-0.2, 0) is 29.7 Å². The Labute approximate surface area is 202 Å². The molecule has 0 aliphatic carbocycles. The zero-order valence-electron chi connectivity index (χ0n) is 18.2. The van der Waals surface area contributed by atoms with Gasteiger partial charge in [0.25, 0.3) is 0 Å². The molecule has 174 valence electrons. The fraction of sp³-hybridized carbons (Fsp3) is 0.524. The summed E-state index contributed by atoms with van der Waals surface area (Å²) in [5.74, 6) is 0.681. The molecule has 5 nitrogen and oxygen atoms in total. The van der Waals surface area contributed by atoms with Gasteiger partial charge in [0.1, 0.15) is 6.61 Å². The Morgan fingerprint density at radius 2 is 1.74 bits per heavy atom. The minimum atomic E-state index is -4.30. The number of alkyl halides is 3. The minimum Gasteiger partial charge on any atom is -0.367 e. The molecule has 0 aliphatic heterocycles. The highest BCUT2D eigenvalue weighted by Crippen LogP contribution is 2.23.